The van der Waals surface area contributed by atoms with Crippen molar-refractivity contribution >= 4 is 39.9 Å². The Balaban J connectivity index is 2.92. The number of aliphatic carboxylic acids is 1. The summed E-state index contributed by atoms with van der Waals surface area (Å²) in [6.07, 6.45) is 0.0426. The van der Waals surface area contributed by atoms with Crippen molar-refractivity contribution < 1.29 is 14.8 Å². The van der Waals surface area contributed by atoms with Gasteiger partial charge in [0.2, 0.25) is 0 Å². The second-order valence-corrected chi connectivity index (χ2v) is 4.78. The Morgan fingerprint density at radius 2 is 2.22 bits per heavy atom. The van der Waals surface area contributed by atoms with Crippen LogP contribution in [0.15, 0.2) is 18.2 Å². The summed E-state index contributed by atoms with van der Waals surface area (Å²) in [5.74, 6) is -0.856. The first-order valence-electron chi connectivity index (χ1n) is 5.36. The van der Waals surface area contributed by atoms with Gasteiger partial charge in [-0.2, -0.15) is 0 Å². The van der Waals surface area contributed by atoms with Crippen LogP contribution >= 0.6 is 22.6 Å². The lowest BCUT2D eigenvalue weighted by Crippen LogP contribution is -2.26. The van der Waals surface area contributed by atoms with Gasteiger partial charge in [-0.15, -0.1) is 0 Å². The van der Waals surface area contributed by atoms with Gasteiger partial charge in [-0.1, -0.05) is 0 Å². The highest BCUT2D eigenvalue weighted by atomic mass is 127. The highest BCUT2D eigenvalue weighted by molar-refractivity contribution is 14.1. The summed E-state index contributed by atoms with van der Waals surface area (Å²) in [6.45, 7) is 2.96. The third-order valence-electron chi connectivity index (χ3n) is 2.46. The average molecular weight is 364 g/mol. The molecule has 0 radical (unpaired) electrons. The van der Waals surface area contributed by atoms with Gasteiger partial charge >= 0.3 is 5.97 Å². The van der Waals surface area contributed by atoms with Crippen molar-refractivity contribution in [2.24, 2.45) is 0 Å². The van der Waals surface area contributed by atoms with Gasteiger partial charge in [0, 0.05) is 28.8 Å². The van der Waals surface area contributed by atoms with Crippen LogP contribution in [-0.2, 0) is 4.79 Å². The highest BCUT2D eigenvalue weighted by Gasteiger charge is 2.14. The molecular formula is C11H13IN2O4. The van der Waals surface area contributed by atoms with E-state index in [2.05, 4.69) is 0 Å². The number of rotatable bonds is 6. The zero-order valence-electron chi connectivity index (χ0n) is 9.80. The predicted molar refractivity (Wildman–Crippen MR) is 76.0 cm³/mol. The number of carboxylic acids is 1. The van der Waals surface area contributed by atoms with E-state index in [4.69, 9.17) is 5.11 Å². The Hall–Kier alpha value is -1.38. The molecule has 1 aromatic rings. The maximum atomic E-state index is 10.6. The fraction of sp³-hybridized carbons (Fsp3) is 0.364. The molecule has 0 saturated heterocycles. The van der Waals surface area contributed by atoms with Gasteiger partial charge in [-0.25, -0.2) is 0 Å². The number of carbonyl (C=O) groups is 1. The summed E-state index contributed by atoms with van der Waals surface area (Å²) in [4.78, 5) is 22.6. The number of hydrogen-bond acceptors (Lipinski definition) is 4. The molecule has 0 unspecified atom stereocenters. The van der Waals surface area contributed by atoms with Gasteiger partial charge < -0.3 is 10.0 Å². The quantitative estimate of drug-likeness (QED) is 0.476. The molecule has 0 atom stereocenters. The van der Waals surface area contributed by atoms with Gasteiger partial charge in [0.15, 0.2) is 0 Å². The number of nitro benzene ring substituents is 1. The standard InChI is InChI=1S/C11H13IN2O4/c1-2-13(6-5-11(15)16)10-4-3-8(14(17)18)7-9(10)12/h3-4,7H,2,5-6H2,1H3,(H,15,16). The molecule has 0 aliphatic heterocycles. The number of hydrogen-bond donors (Lipinski definition) is 1. The van der Waals surface area contributed by atoms with Crippen LogP contribution in [0.1, 0.15) is 13.3 Å². The number of halogens is 1. The molecule has 0 aliphatic carbocycles. The molecule has 18 heavy (non-hydrogen) atoms. The minimum Gasteiger partial charge on any atom is -0.481 e. The molecule has 6 nitrogen and oxygen atoms in total. The average Bonchev–Trinajstić information content (AvgIpc) is 2.30. The first kappa shape index (κ1) is 14.7. The number of benzene rings is 1. The van der Waals surface area contributed by atoms with E-state index in [1.54, 1.807) is 6.07 Å². The molecule has 0 fully saturated rings. The summed E-state index contributed by atoms with van der Waals surface area (Å²) in [6, 6.07) is 4.57. The lowest BCUT2D eigenvalue weighted by molar-refractivity contribution is -0.384. The highest BCUT2D eigenvalue weighted by Crippen LogP contribution is 2.26. The molecule has 0 spiro atoms. The van der Waals surface area contributed by atoms with Gasteiger partial charge in [0.1, 0.15) is 0 Å². The summed E-state index contributed by atoms with van der Waals surface area (Å²) in [5.41, 5.74) is 0.863. The molecule has 0 bridgehead atoms. The second-order valence-electron chi connectivity index (χ2n) is 3.62. The van der Waals surface area contributed by atoms with Gasteiger partial charge in [-0.3, -0.25) is 14.9 Å². The van der Waals surface area contributed by atoms with Crippen LogP contribution in [0.5, 0.6) is 0 Å². The van der Waals surface area contributed by atoms with Crippen LogP contribution < -0.4 is 4.90 Å². The molecule has 0 aromatic heterocycles. The van der Waals surface area contributed by atoms with Crippen molar-refractivity contribution in [1.82, 2.24) is 0 Å². The topological polar surface area (TPSA) is 83.7 Å². The number of nitro groups is 1. The molecule has 0 aliphatic rings. The Labute approximate surface area is 118 Å². The molecule has 0 heterocycles. The minimum absolute atomic E-state index is 0.0393. The molecular weight excluding hydrogens is 351 g/mol. The fourth-order valence-electron chi connectivity index (χ4n) is 1.55. The van der Waals surface area contributed by atoms with Crippen LogP contribution in [0.3, 0.4) is 0 Å². The number of non-ortho nitro benzene ring substituents is 1. The zero-order chi connectivity index (χ0) is 13.7. The lowest BCUT2D eigenvalue weighted by atomic mass is 10.2. The van der Waals surface area contributed by atoms with E-state index in [0.29, 0.717) is 13.1 Å². The Bertz CT molecular complexity index is 464. The third-order valence-corrected chi connectivity index (χ3v) is 3.32. The number of carboxylic acid groups (broad SMARTS) is 1. The third kappa shape index (κ3) is 3.83. The van der Waals surface area contributed by atoms with E-state index in [1.165, 1.54) is 12.1 Å². The monoisotopic (exact) mass is 364 g/mol. The van der Waals surface area contributed by atoms with Crippen molar-refractivity contribution in [3.05, 3.63) is 31.9 Å². The van der Waals surface area contributed by atoms with Crippen molar-refractivity contribution in [2.75, 3.05) is 18.0 Å². The molecule has 0 amide bonds. The Morgan fingerprint density at radius 1 is 1.56 bits per heavy atom. The lowest BCUT2D eigenvalue weighted by Gasteiger charge is -2.23. The van der Waals surface area contributed by atoms with Crippen LogP contribution in [0.4, 0.5) is 11.4 Å². The molecule has 1 N–H and O–H groups in total. The van der Waals surface area contributed by atoms with E-state index in [9.17, 15) is 14.9 Å². The molecule has 7 heteroatoms. The van der Waals surface area contributed by atoms with Gasteiger partial charge in [0.05, 0.1) is 17.0 Å². The fourth-order valence-corrected chi connectivity index (χ4v) is 2.39. The molecule has 0 saturated carbocycles. The van der Waals surface area contributed by atoms with Crippen LogP contribution in [0, 0.1) is 13.7 Å². The maximum Gasteiger partial charge on any atom is 0.305 e. The van der Waals surface area contributed by atoms with E-state index in [0.717, 1.165) is 9.26 Å². The smallest absolute Gasteiger partial charge is 0.305 e. The molecule has 98 valence electrons. The van der Waals surface area contributed by atoms with Crippen molar-refractivity contribution in [3.8, 4) is 0 Å². The SMILES string of the molecule is CCN(CCC(=O)O)c1ccc([N+](=O)[O-])cc1I. The first-order chi connectivity index (χ1) is 8.45. The van der Waals surface area contributed by atoms with E-state index in [-0.39, 0.29) is 12.1 Å². The summed E-state index contributed by atoms with van der Waals surface area (Å²) in [5, 5.41) is 19.3. The van der Waals surface area contributed by atoms with Crippen LogP contribution in [-0.4, -0.2) is 29.1 Å². The van der Waals surface area contributed by atoms with Crippen LogP contribution in [0.25, 0.3) is 0 Å². The van der Waals surface area contributed by atoms with E-state index < -0.39 is 10.9 Å². The number of anilines is 1. The van der Waals surface area contributed by atoms with Crippen LogP contribution in [0.2, 0.25) is 0 Å². The summed E-state index contributed by atoms with van der Waals surface area (Å²) >= 11 is 2.02. The zero-order valence-corrected chi connectivity index (χ0v) is 12.0. The Kier molecular flexibility index (Phi) is 5.32. The van der Waals surface area contributed by atoms with Gasteiger partial charge in [-0.05, 0) is 35.6 Å². The Morgan fingerprint density at radius 3 is 2.67 bits per heavy atom. The van der Waals surface area contributed by atoms with E-state index >= 15 is 0 Å². The largest absolute Gasteiger partial charge is 0.481 e. The van der Waals surface area contributed by atoms with E-state index in [1.807, 2.05) is 34.4 Å². The normalized spacial score (nSPS) is 10.1. The predicted octanol–water partition coefficient (Wildman–Crippen LogP) is 2.50. The van der Waals surface area contributed by atoms with Crippen molar-refractivity contribution in [3.63, 3.8) is 0 Å². The summed E-state index contributed by atoms with van der Waals surface area (Å²) in [7, 11) is 0. The minimum atomic E-state index is -0.856. The first-order valence-corrected chi connectivity index (χ1v) is 6.44. The molecule has 1 rings (SSSR count). The number of nitrogens with zero attached hydrogens (tertiary/aromatic N) is 2. The van der Waals surface area contributed by atoms with Gasteiger partial charge in [0.25, 0.3) is 5.69 Å². The maximum absolute atomic E-state index is 10.6. The molecule has 1 aromatic carbocycles. The van der Waals surface area contributed by atoms with Crippen molar-refractivity contribution in [2.45, 2.75) is 13.3 Å². The second kappa shape index (κ2) is 6.53. The summed E-state index contributed by atoms with van der Waals surface area (Å²) < 4.78 is 0.744. The van der Waals surface area contributed by atoms with Crippen molar-refractivity contribution in [1.29, 1.82) is 0 Å².